The van der Waals surface area contributed by atoms with Gasteiger partial charge in [0.05, 0.1) is 0 Å². The van der Waals surface area contributed by atoms with Gasteiger partial charge >= 0.3 is 143 Å². The Kier molecular flexibility index (Phi) is 6.22. The van der Waals surface area contributed by atoms with Crippen LogP contribution in [0.3, 0.4) is 0 Å². The van der Waals surface area contributed by atoms with E-state index < -0.39 is 0 Å². The molecule has 2 aromatic rings. The molecule has 0 N–H and O–H groups in total. The molecule has 0 bridgehead atoms. The average molecular weight is 382 g/mol. The fraction of sp³-hybridized carbons (Fsp3) is 0.278. The van der Waals surface area contributed by atoms with Crippen molar-refractivity contribution < 1.29 is 9.53 Å². The van der Waals surface area contributed by atoms with Gasteiger partial charge in [0.25, 0.3) is 0 Å². The summed E-state index contributed by atoms with van der Waals surface area (Å²) < 4.78 is 5.86. The summed E-state index contributed by atoms with van der Waals surface area (Å²) in [5.41, 5.74) is 6.17. The van der Waals surface area contributed by atoms with E-state index in [1.165, 1.54) is 22.3 Å². The van der Waals surface area contributed by atoms with Crippen LogP contribution in [0.5, 0.6) is 0 Å². The van der Waals surface area contributed by atoms with E-state index in [1.807, 2.05) is 0 Å². The van der Waals surface area contributed by atoms with Crippen molar-refractivity contribution in [1.82, 2.24) is 0 Å². The Labute approximate surface area is 143 Å². The number of hydrogen-bond acceptors (Lipinski definition) is 2. The van der Waals surface area contributed by atoms with Crippen molar-refractivity contribution in [3.63, 3.8) is 0 Å². The molecule has 0 atom stereocenters. The van der Waals surface area contributed by atoms with Crippen molar-refractivity contribution in [3.8, 4) is 0 Å². The topological polar surface area (TPSA) is 26.3 Å². The first kappa shape index (κ1) is 17.2. The van der Waals surface area contributed by atoms with Gasteiger partial charge in [0, 0.05) is 0 Å². The van der Waals surface area contributed by atoms with E-state index in [0.29, 0.717) is 22.7 Å². The number of carbonyl (C=O) groups excluding carboxylic acids is 1. The number of benzene rings is 2. The van der Waals surface area contributed by atoms with Gasteiger partial charge in [-0.15, -0.1) is 0 Å². The van der Waals surface area contributed by atoms with Crippen molar-refractivity contribution >= 4 is 31.2 Å². The number of aryl methyl sites for hydroxylation is 3. The molecular formula is C18H19ClO2Se. The quantitative estimate of drug-likeness (QED) is 0.551. The molecule has 0 fully saturated rings. The minimum atomic E-state index is -0.208. The zero-order valence-electron chi connectivity index (χ0n) is 13.0. The van der Waals surface area contributed by atoms with Gasteiger partial charge in [-0.05, 0) is 0 Å². The van der Waals surface area contributed by atoms with Gasteiger partial charge in [-0.2, -0.15) is 0 Å². The zero-order chi connectivity index (χ0) is 16.1. The van der Waals surface area contributed by atoms with Crippen LogP contribution in [0.25, 0.3) is 0 Å². The van der Waals surface area contributed by atoms with Crippen LogP contribution in [0.2, 0.25) is 5.02 Å². The number of carbonyl (C=O) groups is 1. The van der Waals surface area contributed by atoms with E-state index >= 15 is 0 Å². The predicted molar refractivity (Wildman–Crippen MR) is 91.8 cm³/mol. The van der Waals surface area contributed by atoms with Crippen LogP contribution in [0, 0.1) is 20.8 Å². The standard InChI is InChI=1S/C18H19ClO2Se/c1-12-8-13(2)17(14(3)9-12)10-21-11-22-18(20)15-4-6-16(19)7-5-15/h4-9H,10-11H2,1-3H3. The summed E-state index contributed by atoms with van der Waals surface area (Å²) in [6, 6.07) is 11.3. The van der Waals surface area contributed by atoms with Gasteiger partial charge in [-0.25, -0.2) is 0 Å². The molecule has 0 aliphatic rings. The van der Waals surface area contributed by atoms with E-state index in [4.69, 9.17) is 16.3 Å². The van der Waals surface area contributed by atoms with Gasteiger partial charge in [-0.1, -0.05) is 0 Å². The van der Waals surface area contributed by atoms with Gasteiger partial charge in [0.1, 0.15) is 0 Å². The molecule has 0 saturated heterocycles. The summed E-state index contributed by atoms with van der Waals surface area (Å²) in [7, 11) is 0. The van der Waals surface area contributed by atoms with Crippen LogP contribution in [0.15, 0.2) is 36.4 Å². The fourth-order valence-corrected chi connectivity index (χ4v) is 3.68. The molecule has 0 aliphatic carbocycles. The number of hydrogen-bond donors (Lipinski definition) is 0. The molecule has 4 heteroatoms. The van der Waals surface area contributed by atoms with Gasteiger partial charge in [0.15, 0.2) is 0 Å². The normalized spacial score (nSPS) is 10.7. The Hall–Kier alpha value is -1.12. The number of ether oxygens (including phenoxy) is 1. The summed E-state index contributed by atoms with van der Waals surface area (Å²) >= 11 is 5.61. The molecule has 0 radical (unpaired) electrons. The van der Waals surface area contributed by atoms with E-state index in [0.717, 1.165) is 0 Å². The van der Waals surface area contributed by atoms with Crippen LogP contribution in [0.4, 0.5) is 0 Å². The van der Waals surface area contributed by atoms with Crippen molar-refractivity contribution in [1.29, 1.82) is 0 Å². The summed E-state index contributed by atoms with van der Waals surface area (Å²) in [4.78, 5) is 12.1. The maximum atomic E-state index is 12.1. The fourth-order valence-electron chi connectivity index (χ4n) is 2.35. The third-order valence-electron chi connectivity index (χ3n) is 3.44. The van der Waals surface area contributed by atoms with Crippen LogP contribution in [-0.4, -0.2) is 25.1 Å². The zero-order valence-corrected chi connectivity index (χ0v) is 15.5. The van der Waals surface area contributed by atoms with E-state index in [1.54, 1.807) is 24.3 Å². The van der Waals surface area contributed by atoms with Gasteiger partial charge in [-0.3, -0.25) is 0 Å². The summed E-state index contributed by atoms with van der Waals surface area (Å²) in [6.07, 6.45) is 0. The summed E-state index contributed by atoms with van der Waals surface area (Å²) in [5, 5.41) is 0.644. The van der Waals surface area contributed by atoms with Crippen molar-refractivity contribution in [2.24, 2.45) is 0 Å². The molecule has 2 rings (SSSR count). The van der Waals surface area contributed by atoms with Crippen molar-refractivity contribution in [3.05, 3.63) is 69.2 Å². The molecule has 0 heterocycles. The molecule has 0 aromatic heterocycles. The summed E-state index contributed by atoms with van der Waals surface area (Å²) in [5.74, 6) is 0. The molecule has 0 unspecified atom stereocenters. The van der Waals surface area contributed by atoms with Crippen molar-refractivity contribution in [2.75, 3.05) is 5.51 Å². The molecule has 116 valence electrons. The molecule has 0 saturated carbocycles. The molecule has 2 nitrogen and oxygen atoms in total. The van der Waals surface area contributed by atoms with E-state index in [9.17, 15) is 4.79 Å². The third-order valence-corrected chi connectivity index (χ3v) is 5.33. The molecule has 0 spiro atoms. The van der Waals surface area contributed by atoms with Gasteiger partial charge in [0.2, 0.25) is 0 Å². The Morgan fingerprint density at radius 3 is 2.27 bits per heavy atom. The molecule has 22 heavy (non-hydrogen) atoms. The Morgan fingerprint density at radius 1 is 1.09 bits per heavy atom. The first-order valence-electron chi connectivity index (χ1n) is 7.04. The SMILES string of the molecule is Cc1cc(C)c(COC[Se]C(=O)c2ccc(Cl)cc2)c(C)c1. The molecule has 2 aromatic carbocycles. The van der Waals surface area contributed by atoms with Crippen molar-refractivity contribution in [2.45, 2.75) is 27.4 Å². The van der Waals surface area contributed by atoms with Crippen LogP contribution in [0.1, 0.15) is 32.6 Å². The Morgan fingerprint density at radius 2 is 1.68 bits per heavy atom. The Balaban J connectivity index is 1.85. The second kappa shape index (κ2) is 7.94. The first-order valence-corrected chi connectivity index (χ1v) is 9.49. The Bertz CT molecular complexity index is 642. The average Bonchev–Trinajstić information content (AvgIpc) is 2.46. The van der Waals surface area contributed by atoms with Crippen LogP contribution >= 0.6 is 11.6 Å². The maximum absolute atomic E-state index is 12.1. The molecular weight excluding hydrogens is 363 g/mol. The van der Waals surface area contributed by atoms with Crippen LogP contribution < -0.4 is 0 Å². The van der Waals surface area contributed by atoms with Crippen LogP contribution in [-0.2, 0) is 11.3 Å². The second-order valence-electron chi connectivity index (χ2n) is 5.28. The van der Waals surface area contributed by atoms with E-state index in [2.05, 4.69) is 32.9 Å². The first-order chi connectivity index (χ1) is 10.5. The predicted octanol–water partition coefficient (Wildman–Crippen LogP) is 4.28. The van der Waals surface area contributed by atoms with Gasteiger partial charge < -0.3 is 0 Å². The molecule has 0 amide bonds. The third kappa shape index (κ3) is 4.69. The summed E-state index contributed by atoms with van der Waals surface area (Å²) in [6.45, 7) is 6.86. The number of halogens is 1. The molecule has 0 aliphatic heterocycles. The second-order valence-corrected chi connectivity index (χ2v) is 7.60. The number of rotatable bonds is 6. The van der Waals surface area contributed by atoms with E-state index in [-0.39, 0.29) is 19.6 Å². The minimum absolute atomic E-state index is 0.140. The monoisotopic (exact) mass is 382 g/mol.